The molecule has 0 saturated carbocycles. The summed E-state index contributed by atoms with van der Waals surface area (Å²) in [7, 11) is 2.22. The van der Waals surface area contributed by atoms with E-state index in [4.69, 9.17) is 4.74 Å². The summed E-state index contributed by atoms with van der Waals surface area (Å²) in [4.78, 5) is 6.87. The van der Waals surface area contributed by atoms with Crippen molar-refractivity contribution < 1.29 is 4.74 Å². The van der Waals surface area contributed by atoms with Crippen LogP contribution >= 0.6 is 0 Å². The highest BCUT2D eigenvalue weighted by Gasteiger charge is 2.37. The first-order valence-electron chi connectivity index (χ1n) is 6.78. The molecule has 18 heavy (non-hydrogen) atoms. The lowest BCUT2D eigenvalue weighted by atomic mass is 9.78. The van der Waals surface area contributed by atoms with Crippen LogP contribution in [0.4, 0.5) is 0 Å². The third-order valence-electron chi connectivity index (χ3n) is 4.14. The standard InChI is InChI=1S/C15H20N2O/c1-3-18-14-9-6-12(10-16-14)15-11-4-7-13(8-5-11)17(15)2/h4,6-7,9-11,13,15H,3,5,8H2,1-2H3. The maximum Gasteiger partial charge on any atom is 0.213 e. The van der Waals surface area contributed by atoms with E-state index in [9.17, 15) is 0 Å². The molecule has 1 aromatic heterocycles. The van der Waals surface area contributed by atoms with Crippen molar-refractivity contribution in [2.24, 2.45) is 5.92 Å². The zero-order valence-corrected chi connectivity index (χ0v) is 11.0. The Labute approximate surface area is 108 Å². The topological polar surface area (TPSA) is 25.4 Å². The highest BCUT2D eigenvalue weighted by molar-refractivity contribution is 5.26. The first-order chi connectivity index (χ1) is 8.79. The highest BCUT2D eigenvalue weighted by Crippen LogP contribution is 2.42. The van der Waals surface area contributed by atoms with Gasteiger partial charge in [-0.1, -0.05) is 18.2 Å². The van der Waals surface area contributed by atoms with Crippen LogP contribution in [0.5, 0.6) is 5.88 Å². The lowest BCUT2D eigenvalue weighted by molar-refractivity contribution is 0.0922. The maximum atomic E-state index is 5.40. The number of fused-ring (bicyclic) bond motifs is 2. The molecule has 1 saturated heterocycles. The van der Waals surface area contributed by atoms with E-state index in [0.29, 0.717) is 24.6 Å². The second kappa shape index (κ2) is 4.73. The number of aromatic nitrogens is 1. The molecule has 4 rings (SSSR count). The predicted octanol–water partition coefficient (Wildman–Crippen LogP) is 2.80. The van der Waals surface area contributed by atoms with Crippen molar-refractivity contribution in [1.82, 2.24) is 9.88 Å². The molecule has 96 valence electrons. The number of nitrogens with zero attached hydrogens (tertiary/aromatic N) is 2. The van der Waals surface area contributed by atoms with Gasteiger partial charge in [-0.3, -0.25) is 4.90 Å². The first-order valence-corrected chi connectivity index (χ1v) is 6.78. The minimum atomic E-state index is 0.483. The summed E-state index contributed by atoms with van der Waals surface area (Å²) < 4.78 is 5.40. The number of ether oxygens (including phenoxy) is 1. The molecule has 3 nitrogen and oxygen atoms in total. The smallest absolute Gasteiger partial charge is 0.213 e. The van der Waals surface area contributed by atoms with Crippen LogP contribution in [0, 0.1) is 5.92 Å². The molecule has 3 atom stereocenters. The zero-order chi connectivity index (χ0) is 12.5. The van der Waals surface area contributed by atoms with E-state index >= 15 is 0 Å². The normalized spacial score (nSPS) is 30.7. The van der Waals surface area contributed by atoms with Gasteiger partial charge in [-0.2, -0.15) is 0 Å². The molecule has 0 radical (unpaired) electrons. The van der Waals surface area contributed by atoms with Crippen LogP contribution in [0.1, 0.15) is 31.4 Å². The second-order valence-corrected chi connectivity index (χ2v) is 5.17. The fraction of sp³-hybridized carbons (Fsp3) is 0.533. The Hall–Kier alpha value is -1.35. The van der Waals surface area contributed by atoms with Gasteiger partial charge < -0.3 is 4.74 Å². The third-order valence-corrected chi connectivity index (χ3v) is 4.14. The minimum absolute atomic E-state index is 0.483. The Morgan fingerprint density at radius 2 is 2.22 bits per heavy atom. The van der Waals surface area contributed by atoms with E-state index in [-0.39, 0.29) is 0 Å². The number of piperidine rings is 1. The van der Waals surface area contributed by atoms with Crippen molar-refractivity contribution in [2.45, 2.75) is 31.8 Å². The lowest BCUT2D eigenvalue weighted by Gasteiger charge is -2.46. The van der Waals surface area contributed by atoms with Gasteiger partial charge in [0, 0.05) is 24.3 Å². The Bertz CT molecular complexity index is 440. The molecule has 0 spiro atoms. The van der Waals surface area contributed by atoms with Gasteiger partial charge >= 0.3 is 0 Å². The van der Waals surface area contributed by atoms with Crippen LogP contribution in [0.2, 0.25) is 0 Å². The summed E-state index contributed by atoms with van der Waals surface area (Å²) in [5.41, 5.74) is 1.31. The Kier molecular flexibility index (Phi) is 3.08. The number of hydrogen-bond donors (Lipinski definition) is 0. The number of hydrogen-bond acceptors (Lipinski definition) is 3. The molecule has 0 amide bonds. The Morgan fingerprint density at radius 3 is 2.78 bits per heavy atom. The average Bonchev–Trinajstić information content (AvgIpc) is 2.42. The van der Waals surface area contributed by atoms with Crippen LogP contribution in [-0.2, 0) is 0 Å². The fourth-order valence-corrected chi connectivity index (χ4v) is 3.22. The van der Waals surface area contributed by atoms with Crippen molar-refractivity contribution >= 4 is 0 Å². The molecule has 1 fully saturated rings. The van der Waals surface area contributed by atoms with Crippen LogP contribution in [0.15, 0.2) is 30.5 Å². The molecule has 0 N–H and O–H groups in total. The molecular formula is C15H20N2O. The lowest BCUT2D eigenvalue weighted by Crippen LogP contribution is -2.44. The summed E-state index contributed by atoms with van der Waals surface area (Å²) in [6, 6.07) is 5.23. The average molecular weight is 244 g/mol. The molecule has 3 heteroatoms. The van der Waals surface area contributed by atoms with Gasteiger partial charge in [0.15, 0.2) is 0 Å². The molecule has 1 aromatic rings. The molecule has 0 aromatic carbocycles. The SMILES string of the molecule is CCOc1ccc(C2C3C=CC(CC3)N2C)cn1. The minimum Gasteiger partial charge on any atom is -0.478 e. The van der Waals surface area contributed by atoms with E-state index in [2.05, 4.69) is 35.1 Å². The summed E-state index contributed by atoms with van der Waals surface area (Å²) in [5, 5.41) is 0. The van der Waals surface area contributed by atoms with E-state index in [1.807, 2.05) is 19.2 Å². The molecule has 3 heterocycles. The predicted molar refractivity (Wildman–Crippen MR) is 71.6 cm³/mol. The summed E-state index contributed by atoms with van der Waals surface area (Å²) in [6.07, 6.45) is 9.30. The van der Waals surface area contributed by atoms with Gasteiger partial charge in [-0.15, -0.1) is 0 Å². The van der Waals surface area contributed by atoms with E-state index in [1.165, 1.54) is 18.4 Å². The van der Waals surface area contributed by atoms with Gasteiger partial charge in [0.2, 0.25) is 5.88 Å². The van der Waals surface area contributed by atoms with E-state index in [0.717, 1.165) is 5.88 Å². The van der Waals surface area contributed by atoms with Gasteiger partial charge in [0.1, 0.15) is 0 Å². The highest BCUT2D eigenvalue weighted by atomic mass is 16.5. The van der Waals surface area contributed by atoms with Crippen LogP contribution in [0.25, 0.3) is 0 Å². The quantitative estimate of drug-likeness (QED) is 0.764. The van der Waals surface area contributed by atoms with Crippen LogP contribution in [-0.4, -0.2) is 29.6 Å². The van der Waals surface area contributed by atoms with Crippen molar-refractivity contribution in [2.75, 3.05) is 13.7 Å². The number of rotatable bonds is 3. The largest absolute Gasteiger partial charge is 0.478 e. The molecule has 3 unspecified atom stereocenters. The zero-order valence-electron chi connectivity index (χ0n) is 11.0. The number of likely N-dealkylation sites (N-methyl/N-ethyl adjacent to an activating group) is 1. The van der Waals surface area contributed by atoms with Crippen molar-refractivity contribution in [1.29, 1.82) is 0 Å². The molecule has 2 bridgehead atoms. The molecular weight excluding hydrogens is 224 g/mol. The molecule has 2 aliphatic heterocycles. The Morgan fingerprint density at radius 1 is 1.33 bits per heavy atom. The van der Waals surface area contributed by atoms with Crippen molar-refractivity contribution in [3.63, 3.8) is 0 Å². The van der Waals surface area contributed by atoms with Gasteiger partial charge in [-0.05, 0) is 38.3 Å². The number of pyridine rings is 1. The molecule has 1 aliphatic carbocycles. The van der Waals surface area contributed by atoms with Gasteiger partial charge in [-0.25, -0.2) is 4.98 Å². The van der Waals surface area contributed by atoms with Crippen LogP contribution in [0.3, 0.4) is 0 Å². The third kappa shape index (κ3) is 1.93. The van der Waals surface area contributed by atoms with Crippen molar-refractivity contribution in [3.8, 4) is 5.88 Å². The summed E-state index contributed by atoms with van der Waals surface area (Å²) in [5.74, 6) is 1.36. The monoisotopic (exact) mass is 244 g/mol. The first kappa shape index (κ1) is 11.7. The van der Waals surface area contributed by atoms with E-state index < -0.39 is 0 Å². The molecule has 3 aliphatic rings. The summed E-state index contributed by atoms with van der Waals surface area (Å²) in [6.45, 7) is 2.65. The van der Waals surface area contributed by atoms with Gasteiger partial charge in [0.25, 0.3) is 0 Å². The maximum absolute atomic E-state index is 5.40. The van der Waals surface area contributed by atoms with Gasteiger partial charge in [0.05, 0.1) is 6.61 Å². The summed E-state index contributed by atoms with van der Waals surface area (Å²) >= 11 is 0. The second-order valence-electron chi connectivity index (χ2n) is 5.17. The van der Waals surface area contributed by atoms with E-state index in [1.54, 1.807) is 0 Å². The Balaban J connectivity index is 1.84. The van der Waals surface area contributed by atoms with Crippen molar-refractivity contribution in [3.05, 3.63) is 36.0 Å². The van der Waals surface area contributed by atoms with Crippen LogP contribution < -0.4 is 4.74 Å². The fourth-order valence-electron chi connectivity index (χ4n) is 3.22.